The van der Waals surface area contributed by atoms with Crippen LogP contribution in [-0.2, 0) is 14.3 Å². The molecule has 0 aliphatic heterocycles. The smallest absolute Gasteiger partial charge is 0.305 e. The third-order valence-electron chi connectivity index (χ3n) is 4.17. The zero-order valence-corrected chi connectivity index (χ0v) is 13.2. The number of amides is 1. The molecule has 2 rings (SSSR count). The van der Waals surface area contributed by atoms with Crippen LogP contribution in [0.2, 0.25) is 5.02 Å². The highest BCUT2D eigenvalue weighted by atomic mass is 35.5. The number of carbonyl (C=O) groups is 2. The van der Waals surface area contributed by atoms with Crippen molar-refractivity contribution in [1.82, 2.24) is 5.32 Å². The third-order valence-corrected chi connectivity index (χ3v) is 4.42. The number of carboxylic acids is 1. The maximum Gasteiger partial charge on any atom is 0.305 e. The molecule has 1 fully saturated rings. The van der Waals surface area contributed by atoms with Crippen LogP contribution in [0.1, 0.15) is 43.7 Å². The molecule has 5 nitrogen and oxygen atoms in total. The quantitative estimate of drug-likeness (QED) is 0.808. The Balaban J connectivity index is 2.04. The SMILES string of the molecule is COC1(CC(=O)N[C@@H](CC(=O)O)c2ccc(Cl)cc2)CCC1. The van der Waals surface area contributed by atoms with Crippen LogP contribution >= 0.6 is 11.6 Å². The van der Waals surface area contributed by atoms with E-state index in [-0.39, 0.29) is 24.3 Å². The van der Waals surface area contributed by atoms with Crippen LogP contribution in [0, 0.1) is 0 Å². The van der Waals surface area contributed by atoms with Crippen LogP contribution in [-0.4, -0.2) is 29.7 Å². The third kappa shape index (κ3) is 4.21. The second-order valence-electron chi connectivity index (χ2n) is 5.69. The fourth-order valence-electron chi connectivity index (χ4n) is 2.68. The van der Waals surface area contributed by atoms with Gasteiger partial charge in [-0.15, -0.1) is 0 Å². The molecule has 0 spiro atoms. The highest BCUT2D eigenvalue weighted by Gasteiger charge is 2.39. The molecular formula is C16H20ClNO4. The fourth-order valence-corrected chi connectivity index (χ4v) is 2.81. The summed E-state index contributed by atoms with van der Waals surface area (Å²) in [4.78, 5) is 23.3. The van der Waals surface area contributed by atoms with E-state index in [0.29, 0.717) is 5.02 Å². The summed E-state index contributed by atoms with van der Waals surface area (Å²) in [7, 11) is 1.61. The Morgan fingerprint density at radius 3 is 2.45 bits per heavy atom. The second-order valence-corrected chi connectivity index (χ2v) is 6.12. The first-order chi connectivity index (χ1) is 10.4. The summed E-state index contributed by atoms with van der Waals surface area (Å²) in [6.45, 7) is 0. The van der Waals surface area contributed by atoms with Gasteiger partial charge in [0.1, 0.15) is 0 Å². The van der Waals surface area contributed by atoms with Gasteiger partial charge in [0.2, 0.25) is 5.91 Å². The van der Waals surface area contributed by atoms with Gasteiger partial charge in [0.05, 0.1) is 24.5 Å². The number of ether oxygens (including phenoxy) is 1. The van der Waals surface area contributed by atoms with E-state index in [1.54, 1.807) is 31.4 Å². The molecule has 0 unspecified atom stereocenters. The Bertz CT molecular complexity index is 534. The van der Waals surface area contributed by atoms with Crippen molar-refractivity contribution >= 4 is 23.5 Å². The topological polar surface area (TPSA) is 75.6 Å². The molecule has 1 aliphatic rings. The summed E-state index contributed by atoms with van der Waals surface area (Å²) in [6.07, 6.45) is 2.86. The van der Waals surface area contributed by atoms with Gasteiger partial charge in [-0.3, -0.25) is 9.59 Å². The minimum Gasteiger partial charge on any atom is -0.481 e. The number of methoxy groups -OCH3 is 1. The molecule has 22 heavy (non-hydrogen) atoms. The minimum absolute atomic E-state index is 0.173. The van der Waals surface area contributed by atoms with E-state index in [1.165, 1.54) is 0 Å². The lowest BCUT2D eigenvalue weighted by Gasteiger charge is -2.40. The monoisotopic (exact) mass is 325 g/mol. The maximum absolute atomic E-state index is 12.2. The number of rotatable bonds is 7. The van der Waals surface area contributed by atoms with E-state index in [2.05, 4.69) is 5.32 Å². The van der Waals surface area contributed by atoms with Gasteiger partial charge in [-0.1, -0.05) is 23.7 Å². The van der Waals surface area contributed by atoms with Crippen molar-refractivity contribution in [2.75, 3.05) is 7.11 Å². The van der Waals surface area contributed by atoms with Crippen LogP contribution < -0.4 is 5.32 Å². The van der Waals surface area contributed by atoms with Crippen LogP contribution in [0.25, 0.3) is 0 Å². The number of carboxylic acid groups (broad SMARTS) is 1. The van der Waals surface area contributed by atoms with E-state index >= 15 is 0 Å². The fraction of sp³-hybridized carbons (Fsp3) is 0.500. The van der Waals surface area contributed by atoms with Gasteiger partial charge in [0, 0.05) is 12.1 Å². The molecule has 2 N–H and O–H groups in total. The van der Waals surface area contributed by atoms with Crippen LogP contribution in [0.3, 0.4) is 0 Å². The highest BCUT2D eigenvalue weighted by Crippen LogP contribution is 2.38. The molecular weight excluding hydrogens is 306 g/mol. The van der Waals surface area contributed by atoms with Crippen molar-refractivity contribution < 1.29 is 19.4 Å². The lowest BCUT2D eigenvalue weighted by Crippen LogP contribution is -2.44. The minimum atomic E-state index is -0.967. The van der Waals surface area contributed by atoms with E-state index < -0.39 is 12.0 Å². The number of halogens is 1. The first-order valence-corrected chi connectivity index (χ1v) is 7.64. The van der Waals surface area contributed by atoms with Gasteiger partial charge >= 0.3 is 5.97 Å². The molecule has 0 aromatic heterocycles. The summed E-state index contributed by atoms with van der Waals surface area (Å²) < 4.78 is 5.43. The van der Waals surface area contributed by atoms with Gasteiger partial charge in [-0.05, 0) is 37.0 Å². The summed E-state index contributed by atoms with van der Waals surface area (Å²) in [6, 6.07) is 6.24. The number of nitrogens with one attached hydrogen (secondary N) is 1. The molecule has 1 amide bonds. The lowest BCUT2D eigenvalue weighted by molar-refractivity contribution is -0.138. The Morgan fingerprint density at radius 2 is 2.00 bits per heavy atom. The number of aliphatic carboxylic acids is 1. The van der Waals surface area contributed by atoms with Gasteiger partial charge in [0.25, 0.3) is 0 Å². The van der Waals surface area contributed by atoms with Crippen LogP contribution in [0.5, 0.6) is 0 Å². The zero-order valence-electron chi connectivity index (χ0n) is 12.5. The van der Waals surface area contributed by atoms with E-state index in [9.17, 15) is 9.59 Å². The van der Waals surface area contributed by atoms with Crippen LogP contribution in [0.15, 0.2) is 24.3 Å². The number of hydrogen-bond acceptors (Lipinski definition) is 3. The Hall–Kier alpha value is -1.59. The molecule has 120 valence electrons. The predicted octanol–water partition coefficient (Wildman–Crippen LogP) is 2.93. The summed E-state index contributed by atoms with van der Waals surface area (Å²) in [5, 5.41) is 12.4. The molecule has 1 aromatic rings. The maximum atomic E-state index is 12.2. The Morgan fingerprint density at radius 1 is 1.36 bits per heavy atom. The molecule has 6 heteroatoms. The number of carbonyl (C=O) groups excluding carboxylic acids is 1. The van der Waals surface area contributed by atoms with Crippen LogP contribution in [0.4, 0.5) is 0 Å². The van der Waals surface area contributed by atoms with Crippen molar-refractivity contribution in [1.29, 1.82) is 0 Å². The Labute approximate surface area is 134 Å². The van der Waals surface area contributed by atoms with Gasteiger partial charge < -0.3 is 15.2 Å². The average Bonchev–Trinajstić information content (AvgIpc) is 2.42. The van der Waals surface area contributed by atoms with E-state index in [1.807, 2.05) is 0 Å². The van der Waals surface area contributed by atoms with E-state index in [4.69, 9.17) is 21.4 Å². The normalized spacial score (nSPS) is 17.4. The molecule has 1 aliphatic carbocycles. The first-order valence-electron chi connectivity index (χ1n) is 7.26. The predicted molar refractivity (Wildman–Crippen MR) is 82.8 cm³/mol. The summed E-state index contributed by atoms with van der Waals surface area (Å²) >= 11 is 5.84. The van der Waals surface area contributed by atoms with Gasteiger partial charge in [-0.25, -0.2) is 0 Å². The van der Waals surface area contributed by atoms with Crippen molar-refractivity contribution in [3.05, 3.63) is 34.9 Å². The Kier molecular flexibility index (Phi) is 5.42. The lowest BCUT2D eigenvalue weighted by atomic mass is 9.77. The molecule has 1 saturated carbocycles. The zero-order chi connectivity index (χ0) is 16.2. The van der Waals surface area contributed by atoms with Crippen molar-refractivity contribution in [2.45, 2.75) is 43.7 Å². The number of benzene rings is 1. The van der Waals surface area contributed by atoms with Gasteiger partial charge in [0.15, 0.2) is 0 Å². The molecule has 0 bridgehead atoms. The first kappa shape index (κ1) is 16.8. The van der Waals surface area contributed by atoms with Gasteiger partial charge in [-0.2, -0.15) is 0 Å². The van der Waals surface area contributed by atoms with Crippen molar-refractivity contribution in [3.63, 3.8) is 0 Å². The second kappa shape index (κ2) is 7.11. The molecule has 1 atom stereocenters. The molecule has 0 radical (unpaired) electrons. The average molecular weight is 326 g/mol. The number of hydrogen-bond donors (Lipinski definition) is 2. The summed E-state index contributed by atoms with van der Waals surface area (Å²) in [5.41, 5.74) is 0.345. The molecule has 1 aromatic carbocycles. The summed E-state index contributed by atoms with van der Waals surface area (Å²) in [5.74, 6) is -1.16. The van der Waals surface area contributed by atoms with Crippen molar-refractivity contribution in [2.24, 2.45) is 0 Å². The highest BCUT2D eigenvalue weighted by molar-refractivity contribution is 6.30. The molecule has 0 saturated heterocycles. The van der Waals surface area contributed by atoms with Crippen molar-refractivity contribution in [3.8, 4) is 0 Å². The standard InChI is InChI=1S/C16H20ClNO4/c1-22-16(7-2-8-16)10-14(19)18-13(9-15(20)21)11-3-5-12(17)6-4-11/h3-6,13H,2,7-10H2,1H3,(H,18,19)(H,20,21)/t13-/m0/s1. The molecule has 0 heterocycles. The largest absolute Gasteiger partial charge is 0.481 e. The van der Waals surface area contributed by atoms with E-state index in [0.717, 1.165) is 24.8 Å².